The van der Waals surface area contributed by atoms with Crippen LogP contribution in [0.1, 0.15) is 32.8 Å². The van der Waals surface area contributed by atoms with Gasteiger partial charge in [0.25, 0.3) is 0 Å². The molecule has 5 nitrogen and oxygen atoms in total. The Kier molecular flexibility index (Phi) is 5.16. The summed E-state index contributed by atoms with van der Waals surface area (Å²) in [5.74, 6) is 0. The van der Waals surface area contributed by atoms with Gasteiger partial charge in [0.1, 0.15) is 5.60 Å². The van der Waals surface area contributed by atoms with Crippen LogP contribution in [0.5, 0.6) is 0 Å². The van der Waals surface area contributed by atoms with Gasteiger partial charge in [0.05, 0.1) is 12.1 Å². The van der Waals surface area contributed by atoms with E-state index in [0.717, 1.165) is 5.56 Å². The number of amides is 1. The van der Waals surface area contributed by atoms with Gasteiger partial charge in [0.2, 0.25) is 0 Å². The fourth-order valence-corrected chi connectivity index (χ4v) is 4.02. The zero-order chi connectivity index (χ0) is 20.0. The highest BCUT2D eigenvalue weighted by molar-refractivity contribution is 5.69. The van der Waals surface area contributed by atoms with Gasteiger partial charge in [0, 0.05) is 19.1 Å². The van der Waals surface area contributed by atoms with Crippen LogP contribution in [-0.2, 0) is 11.3 Å². The molecule has 2 unspecified atom stereocenters. The molecule has 1 aromatic rings. The highest BCUT2D eigenvalue weighted by atomic mass is 19.4. The summed E-state index contributed by atoms with van der Waals surface area (Å²) < 4.78 is 45.3. The summed E-state index contributed by atoms with van der Waals surface area (Å²) in [6.45, 7) is 5.73. The van der Waals surface area contributed by atoms with Gasteiger partial charge in [-0.15, -0.1) is 0 Å². The molecule has 3 rings (SSSR count). The Labute approximate surface area is 156 Å². The third-order valence-electron chi connectivity index (χ3n) is 5.06. The minimum Gasteiger partial charge on any atom is -0.444 e. The zero-order valence-electron chi connectivity index (χ0n) is 15.6. The summed E-state index contributed by atoms with van der Waals surface area (Å²) in [6.07, 6.45) is -7.52. The summed E-state index contributed by atoms with van der Waals surface area (Å²) in [4.78, 5) is 15.5. The second kappa shape index (κ2) is 6.98. The zero-order valence-corrected chi connectivity index (χ0v) is 15.6. The molecule has 0 radical (unpaired) electrons. The molecule has 2 aliphatic heterocycles. The number of ether oxygens (including phenoxy) is 1. The van der Waals surface area contributed by atoms with Crippen molar-refractivity contribution in [3.63, 3.8) is 0 Å². The molecule has 27 heavy (non-hydrogen) atoms. The predicted molar refractivity (Wildman–Crippen MR) is 93.0 cm³/mol. The Hall–Kier alpha value is -1.80. The van der Waals surface area contributed by atoms with Gasteiger partial charge in [-0.3, -0.25) is 4.90 Å². The lowest BCUT2D eigenvalue weighted by molar-refractivity contribution is -0.227. The quantitative estimate of drug-likeness (QED) is 0.867. The molecule has 2 bridgehead atoms. The Balaban J connectivity index is 1.84. The van der Waals surface area contributed by atoms with Crippen LogP contribution in [0.3, 0.4) is 0 Å². The van der Waals surface area contributed by atoms with Crippen LogP contribution >= 0.6 is 0 Å². The number of aliphatic hydroxyl groups is 1. The number of rotatable bonds is 3. The first-order valence-corrected chi connectivity index (χ1v) is 9.01. The number of benzene rings is 1. The molecule has 0 saturated carbocycles. The van der Waals surface area contributed by atoms with Gasteiger partial charge < -0.3 is 14.7 Å². The molecule has 0 aliphatic carbocycles. The van der Waals surface area contributed by atoms with Crippen molar-refractivity contribution in [1.29, 1.82) is 0 Å². The van der Waals surface area contributed by atoms with Crippen LogP contribution in [0.2, 0.25) is 0 Å². The molecule has 0 aromatic heterocycles. The molecule has 1 N–H and O–H groups in total. The summed E-state index contributed by atoms with van der Waals surface area (Å²) in [6, 6.07) is 6.99. The molecular weight excluding hydrogens is 361 g/mol. The maximum atomic E-state index is 13.3. The van der Waals surface area contributed by atoms with Crippen LogP contribution in [0.15, 0.2) is 30.3 Å². The Bertz CT molecular complexity index is 675. The van der Waals surface area contributed by atoms with E-state index in [4.69, 9.17) is 4.74 Å². The number of alkyl halides is 3. The van der Waals surface area contributed by atoms with Gasteiger partial charge in [-0.2, -0.15) is 13.2 Å². The summed E-state index contributed by atoms with van der Waals surface area (Å²) in [5.41, 5.74) is 0.133. The Morgan fingerprint density at radius 3 is 2.44 bits per heavy atom. The molecule has 2 fully saturated rings. The van der Waals surface area contributed by atoms with Crippen molar-refractivity contribution in [2.75, 3.05) is 6.54 Å². The number of carbonyl (C=O) groups excluding carboxylic acids is 1. The van der Waals surface area contributed by atoms with Crippen molar-refractivity contribution >= 4 is 6.09 Å². The minimum absolute atomic E-state index is 0.246. The lowest BCUT2D eigenvalue weighted by atomic mass is 10.0. The van der Waals surface area contributed by atoms with E-state index in [1.807, 2.05) is 30.3 Å². The van der Waals surface area contributed by atoms with E-state index in [9.17, 15) is 23.1 Å². The molecule has 2 saturated heterocycles. The average molecular weight is 386 g/mol. The van der Waals surface area contributed by atoms with E-state index in [0.29, 0.717) is 19.5 Å². The van der Waals surface area contributed by atoms with E-state index in [2.05, 4.69) is 0 Å². The molecule has 2 heterocycles. The van der Waals surface area contributed by atoms with Crippen LogP contribution in [0.4, 0.5) is 18.0 Å². The van der Waals surface area contributed by atoms with E-state index in [1.54, 1.807) is 25.7 Å². The number of fused-ring (bicyclic) bond motifs is 2. The van der Waals surface area contributed by atoms with Crippen LogP contribution in [-0.4, -0.2) is 63.6 Å². The first kappa shape index (κ1) is 19.9. The topological polar surface area (TPSA) is 53.0 Å². The molecule has 150 valence electrons. The normalized spacial score (nSPS) is 27.1. The number of hydrogen-bond acceptors (Lipinski definition) is 4. The first-order valence-electron chi connectivity index (χ1n) is 9.01. The van der Waals surface area contributed by atoms with Crippen molar-refractivity contribution < 1.29 is 27.8 Å². The van der Waals surface area contributed by atoms with Gasteiger partial charge in [-0.1, -0.05) is 30.3 Å². The molecular formula is C19H25F3N2O3. The van der Waals surface area contributed by atoms with E-state index < -0.39 is 36.1 Å². The summed E-state index contributed by atoms with van der Waals surface area (Å²) in [5, 5.41) is 10.0. The largest absolute Gasteiger partial charge is 0.444 e. The third kappa shape index (κ3) is 4.21. The van der Waals surface area contributed by atoms with Crippen molar-refractivity contribution in [3.8, 4) is 0 Å². The Morgan fingerprint density at radius 1 is 1.26 bits per heavy atom. The van der Waals surface area contributed by atoms with E-state index in [1.165, 1.54) is 4.90 Å². The molecule has 2 aliphatic rings. The molecule has 1 amide bonds. The van der Waals surface area contributed by atoms with Crippen molar-refractivity contribution in [3.05, 3.63) is 35.9 Å². The monoisotopic (exact) mass is 386 g/mol. The van der Waals surface area contributed by atoms with Gasteiger partial charge >= 0.3 is 12.3 Å². The fraction of sp³-hybridized carbons (Fsp3) is 0.632. The van der Waals surface area contributed by atoms with Gasteiger partial charge in [-0.05, 0) is 32.8 Å². The number of likely N-dealkylation sites (tertiary alicyclic amines) is 2. The molecule has 1 aromatic carbocycles. The lowest BCUT2D eigenvalue weighted by Crippen LogP contribution is -2.61. The second-order valence-electron chi connectivity index (χ2n) is 8.22. The number of aliphatic hydroxyl groups excluding tert-OH is 1. The number of hydrogen-bond donors (Lipinski definition) is 1. The Morgan fingerprint density at radius 2 is 1.89 bits per heavy atom. The maximum Gasteiger partial charge on any atom is 0.415 e. The number of nitrogens with zero attached hydrogens (tertiary/aromatic N) is 2. The number of carbonyl (C=O) groups is 1. The van der Waals surface area contributed by atoms with Gasteiger partial charge in [0.15, 0.2) is 6.10 Å². The number of piperazine rings is 1. The van der Waals surface area contributed by atoms with E-state index in [-0.39, 0.29) is 6.04 Å². The highest BCUT2D eigenvalue weighted by Gasteiger charge is 2.59. The SMILES string of the molecule is CC(C)(C)OC(=O)N1C[C@@H]2C[C@H]1C(C(O)C(F)(F)F)N2Cc1ccccc1. The predicted octanol–water partition coefficient (Wildman–Crippen LogP) is 3.17. The minimum atomic E-state index is -4.76. The molecule has 4 atom stereocenters. The fourth-order valence-electron chi connectivity index (χ4n) is 4.02. The number of halogens is 3. The van der Waals surface area contributed by atoms with Gasteiger partial charge in [-0.25, -0.2) is 4.79 Å². The summed E-state index contributed by atoms with van der Waals surface area (Å²) in [7, 11) is 0. The third-order valence-corrected chi connectivity index (χ3v) is 5.06. The highest BCUT2D eigenvalue weighted by Crippen LogP contribution is 2.42. The van der Waals surface area contributed by atoms with E-state index >= 15 is 0 Å². The van der Waals surface area contributed by atoms with Crippen LogP contribution in [0, 0.1) is 0 Å². The average Bonchev–Trinajstić information content (AvgIpc) is 3.11. The lowest BCUT2D eigenvalue weighted by Gasteiger charge is -2.43. The van der Waals surface area contributed by atoms with Crippen LogP contribution < -0.4 is 0 Å². The van der Waals surface area contributed by atoms with Crippen molar-refractivity contribution in [1.82, 2.24) is 9.80 Å². The molecule has 8 heteroatoms. The van der Waals surface area contributed by atoms with Crippen LogP contribution in [0.25, 0.3) is 0 Å². The maximum absolute atomic E-state index is 13.3. The second-order valence-corrected chi connectivity index (χ2v) is 8.22. The standard InChI is InChI=1S/C19H25F3N2O3/c1-18(2,3)27-17(26)24-11-13-9-14(24)15(16(25)19(20,21)22)23(13)10-12-7-5-4-6-8-12/h4-8,13-16,25H,9-11H2,1-3H3/t13-,14-,15?,16?/m0/s1. The summed E-state index contributed by atoms with van der Waals surface area (Å²) >= 11 is 0. The first-order chi connectivity index (χ1) is 12.5. The molecule has 0 spiro atoms. The van der Waals surface area contributed by atoms with Crippen molar-refractivity contribution in [2.24, 2.45) is 0 Å². The smallest absolute Gasteiger partial charge is 0.415 e. The van der Waals surface area contributed by atoms with Crippen molar-refractivity contribution in [2.45, 2.75) is 69.7 Å².